The number of aromatic nitrogens is 3. The lowest BCUT2D eigenvalue weighted by Gasteiger charge is -2.61. The molecule has 1 aromatic carbocycles. The van der Waals surface area contributed by atoms with Gasteiger partial charge in [0, 0.05) is 41.0 Å². The molecule has 0 unspecified atom stereocenters. The monoisotopic (exact) mass is 448 g/mol. The Labute approximate surface area is 192 Å². The molecule has 3 aromatic rings. The summed E-state index contributed by atoms with van der Waals surface area (Å²) in [5, 5.41) is 15.0. The van der Waals surface area contributed by atoms with Crippen molar-refractivity contribution in [1.29, 1.82) is 0 Å². The van der Waals surface area contributed by atoms with E-state index in [9.17, 15) is 9.90 Å². The Morgan fingerprint density at radius 3 is 2.45 bits per heavy atom. The summed E-state index contributed by atoms with van der Waals surface area (Å²) in [6.45, 7) is 7.36. The minimum atomic E-state index is -0.951. The van der Waals surface area contributed by atoms with Gasteiger partial charge in [0.15, 0.2) is 11.7 Å². The molecular formula is C25H28N4O4. The molecule has 1 N–H and O–H groups in total. The fraction of sp³-hybridized carbons (Fsp3) is 0.520. The molecule has 33 heavy (non-hydrogen) atoms. The molecular weight excluding hydrogens is 420 g/mol. The number of hydrogen-bond acceptors (Lipinski definition) is 7. The Bertz CT molecular complexity index is 1200. The molecule has 3 fully saturated rings. The predicted octanol–water partition coefficient (Wildman–Crippen LogP) is 4.02. The van der Waals surface area contributed by atoms with Gasteiger partial charge in [-0.3, -0.25) is 4.79 Å². The van der Waals surface area contributed by atoms with Crippen LogP contribution in [0, 0.1) is 5.41 Å². The van der Waals surface area contributed by atoms with Crippen molar-refractivity contribution in [3.05, 3.63) is 53.6 Å². The molecule has 0 atom stereocenters. The van der Waals surface area contributed by atoms with E-state index in [4.69, 9.17) is 8.94 Å². The number of hydrogen-bond donors (Lipinski definition) is 1. The molecule has 8 nitrogen and oxygen atoms in total. The molecule has 1 spiro atoms. The van der Waals surface area contributed by atoms with Crippen molar-refractivity contribution in [3.63, 3.8) is 0 Å². The maximum atomic E-state index is 12.9. The van der Waals surface area contributed by atoms with E-state index < -0.39 is 5.60 Å². The van der Waals surface area contributed by atoms with Crippen LogP contribution >= 0.6 is 0 Å². The van der Waals surface area contributed by atoms with E-state index in [1.54, 1.807) is 18.3 Å². The first kappa shape index (κ1) is 20.6. The average molecular weight is 449 g/mol. The minimum absolute atomic E-state index is 0.00166. The van der Waals surface area contributed by atoms with Crippen molar-refractivity contribution in [2.24, 2.45) is 5.41 Å². The van der Waals surface area contributed by atoms with Crippen LogP contribution in [-0.2, 0) is 11.0 Å². The van der Waals surface area contributed by atoms with E-state index in [2.05, 4.69) is 15.1 Å². The molecule has 0 bridgehead atoms. The molecule has 1 amide bonds. The Morgan fingerprint density at radius 1 is 1.15 bits per heavy atom. The zero-order valence-electron chi connectivity index (χ0n) is 19.2. The maximum absolute atomic E-state index is 12.9. The van der Waals surface area contributed by atoms with Crippen LogP contribution in [0.25, 0.3) is 11.4 Å². The number of carbonyl (C=O) groups is 1. The summed E-state index contributed by atoms with van der Waals surface area (Å²) in [5.41, 5.74) is 0.257. The summed E-state index contributed by atoms with van der Waals surface area (Å²) in [7, 11) is 0. The van der Waals surface area contributed by atoms with E-state index in [-0.39, 0.29) is 16.7 Å². The minimum Gasteiger partial charge on any atom is -0.442 e. The van der Waals surface area contributed by atoms with Crippen LogP contribution in [0.2, 0.25) is 0 Å². The molecule has 8 heteroatoms. The van der Waals surface area contributed by atoms with Gasteiger partial charge in [-0.2, -0.15) is 4.98 Å². The van der Waals surface area contributed by atoms with E-state index in [0.29, 0.717) is 54.9 Å². The number of nitrogens with zero attached hydrogens (tertiary/aromatic N) is 4. The van der Waals surface area contributed by atoms with Gasteiger partial charge in [-0.05, 0) is 37.8 Å². The fourth-order valence-electron chi connectivity index (χ4n) is 5.11. The van der Waals surface area contributed by atoms with Gasteiger partial charge in [0.05, 0.1) is 6.20 Å². The lowest BCUT2D eigenvalue weighted by molar-refractivity contribution is -0.193. The first-order valence-corrected chi connectivity index (χ1v) is 11.6. The second-order valence-corrected chi connectivity index (χ2v) is 11.1. The SMILES string of the molecule is CC(C)(C)c1nc(-c2ccc(C(=O)N3CC4(C3)CC(O)(c3cnc(C5CC5)o3)C4)cc2)no1. The molecule has 2 aromatic heterocycles. The lowest BCUT2D eigenvalue weighted by atomic mass is 9.54. The van der Waals surface area contributed by atoms with Gasteiger partial charge in [-0.15, -0.1) is 0 Å². The van der Waals surface area contributed by atoms with Crippen LogP contribution in [-0.4, -0.2) is 44.1 Å². The Kier molecular flexibility index (Phi) is 4.22. The highest BCUT2D eigenvalue weighted by atomic mass is 16.5. The second-order valence-electron chi connectivity index (χ2n) is 11.1. The number of oxazole rings is 1. The van der Waals surface area contributed by atoms with Crippen molar-refractivity contribution in [3.8, 4) is 11.4 Å². The first-order valence-electron chi connectivity index (χ1n) is 11.6. The van der Waals surface area contributed by atoms with Gasteiger partial charge in [-0.1, -0.05) is 38.1 Å². The lowest BCUT2D eigenvalue weighted by Crippen LogP contribution is -2.67. The van der Waals surface area contributed by atoms with E-state index in [1.165, 1.54) is 0 Å². The summed E-state index contributed by atoms with van der Waals surface area (Å²) in [6, 6.07) is 7.31. The third-order valence-corrected chi connectivity index (χ3v) is 7.04. The molecule has 3 aliphatic rings. The Morgan fingerprint density at radius 2 is 1.85 bits per heavy atom. The van der Waals surface area contributed by atoms with Gasteiger partial charge in [0.2, 0.25) is 11.7 Å². The van der Waals surface area contributed by atoms with Crippen LogP contribution in [0.3, 0.4) is 0 Å². The van der Waals surface area contributed by atoms with Crippen molar-refractivity contribution in [2.45, 2.75) is 63.4 Å². The van der Waals surface area contributed by atoms with Crippen molar-refractivity contribution >= 4 is 5.91 Å². The van der Waals surface area contributed by atoms with Gasteiger partial charge < -0.3 is 18.9 Å². The highest BCUT2D eigenvalue weighted by molar-refractivity contribution is 5.95. The smallest absolute Gasteiger partial charge is 0.253 e. The van der Waals surface area contributed by atoms with Gasteiger partial charge in [0.25, 0.3) is 5.91 Å². The fourth-order valence-corrected chi connectivity index (χ4v) is 5.11. The second kappa shape index (κ2) is 6.76. The highest BCUT2D eigenvalue weighted by Crippen LogP contribution is 2.59. The quantitative estimate of drug-likeness (QED) is 0.642. The number of rotatable bonds is 4. The Balaban J connectivity index is 1.07. The molecule has 3 heterocycles. The largest absolute Gasteiger partial charge is 0.442 e. The molecule has 1 saturated heterocycles. The third kappa shape index (κ3) is 3.47. The normalized spacial score (nSPS) is 21.0. The van der Waals surface area contributed by atoms with Crippen LogP contribution in [0.4, 0.5) is 0 Å². The van der Waals surface area contributed by atoms with Crippen LogP contribution in [0.15, 0.2) is 39.4 Å². The van der Waals surface area contributed by atoms with E-state index >= 15 is 0 Å². The van der Waals surface area contributed by atoms with Crippen molar-refractivity contribution in [1.82, 2.24) is 20.0 Å². The molecule has 1 aliphatic heterocycles. The van der Waals surface area contributed by atoms with Crippen LogP contribution in [0.1, 0.15) is 80.3 Å². The van der Waals surface area contributed by atoms with Crippen LogP contribution in [0.5, 0.6) is 0 Å². The average Bonchev–Trinajstić information content (AvgIpc) is 3.24. The molecule has 6 rings (SSSR count). The predicted molar refractivity (Wildman–Crippen MR) is 118 cm³/mol. The number of likely N-dealkylation sites (tertiary alicyclic amines) is 1. The summed E-state index contributed by atoms with van der Waals surface area (Å²) in [4.78, 5) is 23.6. The van der Waals surface area contributed by atoms with Gasteiger partial charge in [-0.25, -0.2) is 4.98 Å². The number of carbonyl (C=O) groups excluding carboxylic acids is 1. The molecule has 2 aliphatic carbocycles. The Hall–Kier alpha value is -3.00. The summed E-state index contributed by atoms with van der Waals surface area (Å²) >= 11 is 0. The topological polar surface area (TPSA) is 105 Å². The summed E-state index contributed by atoms with van der Waals surface area (Å²) in [5.74, 6) is 2.86. The molecule has 0 radical (unpaired) electrons. The number of amides is 1. The van der Waals surface area contributed by atoms with E-state index in [0.717, 1.165) is 24.3 Å². The molecule has 172 valence electrons. The zero-order valence-corrected chi connectivity index (χ0v) is 19.2. The maximum Gasteiger partial charge on any atom is 0.253 e. The summed E-state index contributed by atoms with van der Waals surface area (Å²) in [6.07, 6.45) is 5.13. The standard InChI is InChI=1S/C25H28N4O4/c1-23(2,3)22-27-19(28-33-22)15-4-8-17(9-5-15)21(30)29-13-24(14-29)11-25(31,12-24)18-10-26-20(32-18)16-6-7-16/h4-5,8-10,16,31H,6-7,11-14H2,1-3H3. The van der Waals surface area contributed by atoms with Crippen molar-refractivity contribution in [2.75, 3.05) is 13.1 Å². The molecule has 2 saturated carbocycles. The third-order valence-electron chi connectivity index (χ3n) is 7.04. The van der Waals surface area contributed by atoms with Crippen LogP contribution < -0.4 is 0 Å². The summed E-state index contributed by atoms with van der Waals surface area (Å²) < 4.78 is 11.2. The van der Waals surface area contributed by atoms with Gasteiger partial charge >= 0.3 is 0 Å². The first-order chi connectivity index (χ1) is 15.6. The van der Waals surface area contributed by atoms with E-state index in [1.807, 2.05) is 37.8 Å². The number of aliphatic hydroxyl groups is 1. The zero-order chi connectivity index (χ0) is 23.0. The van der Waals surface area contributed by atoms with Crippen molar-refractivity contribution < 1.29 is 18.8 Å². The number of benzene rings is 1. The highest BCUT2D eigenvalue weighted by Gasteiger charge is 2.62. The van der Waals surface area contributed by atoms with Gasteiger partial charge in [0.1, 0.15) is 5.60 Å².